The van der Waals surface area contributed by atoms with Crippen LogP contribution in [-0.4, -0.2) is 10.1 Å². The van der Waals surface area contributed by atoms with E-state index in [-0.39, 0.29) is 5.41 Å². The predicted octanol–water partition coefficient (Wildman–Crippen LogP) is 3.80. The van der Waals surface area contributed by atoms with Crippen LogP contribution in [0.5, 0.6) is 5.75 Å². The van der Waals surface area contributed by atoms with Gasteiger partial charge in [0.2, 0.25) is 0 Å². The Morgan fingerprint density at radius 1 is 1.25 bits per heavy atom. The van der Waals surface area contributed by atoms with Gasteiger partial charge in [0.05, 0.1) is 0 Å². The molecule has 0 saturated heterocycles. The topological polar surface area (TPSA) is 48.2 Å². The second kappa shape index (κ2) is 6.07. The number of hydrogen-bond acceptors (Lipinski definition) is 4. The van der Waals surface area contributed by atoms with E-state index in [0.717, 1.165) is 18.6 Å². The molecular formula is C16H22N2O2. The molecule has 0 spiro atoms. The summed E-state index contributed by atoms with van der Waals surface area (Å²) in [7, 11) is 0. The zero-order valence-electron chi connectivity index (χ0n) is 12.6. The van der Waals surface area contributed by atoms with Gasteiger partial charge in [-0.1, -0.05) is 45.0 Å². The Morgan fingerprint density at radius 2 is 2.05 bits per heavy atom. The van der Waals surface area contributed by atoms with Crippen LogP contribution in [0.25, 0.3) is 0 Å². The first-order valence-electron chi connectivity index (χ1n) is 6.99. The first kappa shape index (κ1) is 14.6. The first-order chi connectivity index (χ1) is 9.46. The summed E-state index contributed by atoms with van der Waals surface area (Å²) in [5, 5.41) is 3.85. The lowest BCUT2D eigenvalue weighted by Crippen LogP contribution is -2.09. The fourth-order valence-corrected chi connectivity index (χ4v) is 2.00. The van der Waals surface area contributed by atoms with Gasteiger partial charge in [0.15, 0.2) is 12.4 Å². The van der Waals surface area contributed by atoms with Crippen molar-refractivity contribution in [2.45, 2.75) is 47.1 Å². The van der Waals surface area contributed by atoms with Crippen molar-refractivity contribution in [2.24, 2.45) is 5.41 Å². The van der Waals surface area contributed by atoms with Crippen LogP contribution < -0.4 is 4.74 Å². The van der Waals surface area contributed by atoms with Gasteiger partial charge in [0.25, 0.3) is 5.89 Å². The molecule has 0 N–H and O–H groups in total. The van der Waals surface area contributed by atoms with Crippen molar-refractivity contribution in [3.63, 3.8) is 0 Å². The number of aromatic nitrogens is 2. The molecule has 0 amide bonds. The van der Waals surface area contributed by atoms with E-state index in [4.69, 9.17) is 9.26 Å². The summed E-state index contributed by atoms with van der Waals surface area (Å²) in [6.07, 6.45) is 1.79. The van der Waals surface area contributed by atoms with Crippen LogP contribution >= 0.6 is 0 Å². The molecule has 0 aliphatic carbocycles. The molecule has 4 heteroatoms. The fourth-order valence-electron chi connectivity index (χ4n) is 2.00. The zero-order chi connectivity index (χ0) is 14.6. The molecule has 0 aliphatic heterocycles. The minimum absolute atomic E-state index is 0.265. The number of benzene rings is 1. The predicted molar refractivity (Wildman–Crippen MR) is 77.6 cm³/mol. The largest absolute Gasteiger partial charge is 0.484 e. The highest BCUT2D eigenvalue weighted by Gasteiger charge is 2.12. The van der Waals surface area contributed by atoms with Crippen LogP contribution in [0.1, 0.15) is 45.0 Å². The minimum Gasteiger partial charge on any atom is -0.484 e. The van der Waals surface area contributed by atoms with E-state index in [1.807, 2.05) is 19.1 Å². The lowest BCUT2D eigenvalue weighted by atomic mass is 9.88. The van der Waals surface area contributed by atoms with E-state index in [9.17, 15) is 0 Å². The smallest absolute Gasteiger partial charge is 0.264 e. The fraction of sp³-hybridized carbons (Fsp3) is 0.500. The summed E-state index contributed by atoms with van der Waals surface area (Å²) >= 11 is 0. The molecule has 2 aromatic rings. The number of nitrogens with zero attached hydrogens (tertiary/aromatic N) is 2. The molecule has 108 valence electrons. The van der Waals surface area contributed by atoms with E-state index in [2.05, 4.69) is 43.0 Å². The lowest BCUT2D eigenvalue weighted by Gasteiger charge is -2.18. The van der Waals surface area contributed by atoms with E-state index in [1.54, 1.807) is 0 Å². The molecule has 0 saturated carbocycles. The molecule has 1 aromatic carbocycles. The Balaban J connectivity index is 1.97. The van der Waals surface area contributed by atoms with Crippen LogP contribution in [0.15, 0.2) is 28.8 Å². The van der Waals surface area contributed by atoms with E-state index < -0.39 is 0 Å². The molecule has 2 rings (SSSR count). The van der Waals surface area contributed by atoms with Gasteiger partial charge in [0.1, 0.15) is 5.75 Å². The number of ether oxygens (including phenoxy) is 1. The van der Waals surface area contributed by atoms with Gasteiger partial charge in [-0.2, -0.15) is 4.98 Å². The second-order valence-electron chi connectivity index (χ2n) is 6.13. The number of rotatable bonds is 5. The van der Waals surface area contributed by atoms with Crippen molar-refractivity contribution in [3.05, 3.63) is 41.5 Å². The van der Waals surface area contributed by atoms with Crippen LogP contribution in [0.2, 0.25) is 0 Å². The third-order valence-corrected chi connectivity index (χ3v) is 2.82. The average Bonchev–Trinajstić information content (AvgIpc) is 2.83. The van der Waals surface area contributed by atoms with Gasteiger partial charge in [0, 0.05) is 6.42 Å². The Morgan fingerprint density at radius 3 is 2.70 bits per heavy atom. The van der Waals surface area contributed by atoms with Crippen molar-refractivity contribution >= 4 is 0 Å². The molecule has 0 radical (unpaired) electrons. The quantitative estimate of drug-likeness (QED) is 0.832. The van der Waals surface area contributed by atoms with Crippen LogP contribution in [0.4, 0.5) is 0 Å². The summed E-state index contributed by atoms with van der Waals surface area (Å²) in [6, 6.07) is 8.16. The van der Waals surface area contributed by atoms with Gasteiger partial charge in [-0.15, -0.1) is 0 Å². The summed E-state index contributed by atoms with van der Waals surface area (Å²) in [5.41, 5.74) is 1.54. The molecule has 0 aliphatic rings. The van der Waals surface area contributed by atoms with E-state index in [1.165, 1.54) is 5.56 Å². The summed E-state index contributed by atoms with van der Waals surface area (Å²) < 4.78 is 10.8. The number of hydrogen-bond donors (Lipinski definition) is 0. The summed E-state index contributed by atoms with van der Waals surface area (Å²) in [6.45, 7) is 8.99. The van der Waals surface area contributed by atoms with E-state index >= 15 is 0 Å². The highest BCUT2D eigenvalue weighted by atomic mass is 16.5. The minimum atomic E-state index is 0.265. The summed E-state index contributed by atoms with van der Waals surface area (Å²) in [4.78, 5) is 4.22. The molecule has 0 fully saturated rings. The third kappa shape index (κ3) is 4.37. The molecule has 4 nitrogen and oxygen atoms in total. The third-order valence-electron chi connectivity index (χ3n) is 2.82. The van der Waals surface area contributed by atoms with Crippen LogP contribution in [0.3, 0.4) is 0 Å². The van der Waals surface area contributed by atoms with Crippen molar-refractivity contribution in [1.82, 2.24) is 10.1 Å². The first-order valence-corrected chi connectivity index (χ1v) is 6.99. The molecular weight excluding hydrogens is 252 g/mol. The summed E-state index contributed by atoms with van der Waals surface area (Å²) in [5.74, 6) is 2.07. The Hall–Kier alpha value is -1.84. The van der Waals surface area contributed by atoms with Crippen molar-refractivity contribution in [2.75, 3.05) is 0 Å². The number of aryl methyl sites for hydroxylation is 1. The van der Waals surface area contributed by atoms with Crippen LogP contribution in [-0.2, 0) is 19.4 Å². The molecule has 0 bridgehead atoms. The molecule has 0 atom stereocenters. The molecule has 20 heavy (non-hydrogen) atoms. The van der Waals surface area contributed by atoms with Crippen molar-refractivity contribution in [3.8, 4) is 5.75 Å². The Labute approximate surface area is 120 Å². The maximum atomic E-state index is 5.71. The van der Waals surface area contributed by atoms with Crippen molar-refractivity contribution in [1.29, 1.82) is 0 Å². The molecule has 1 heterocycles. The van der Waals surface area contributed by atoms with E-state index in [0.29, 0.717) is 18.3 Å². The maximum absolute atomic E-state index is 5.71. The lowest BCUT2D eigenvalue weighted by molar-refractivity contribution is 0.242. The Kier molecular flexibility index (Phi) is 4.42. The average molecular weight is 274 g/mol. The zero-order valence-corrected chi connectivity index (χ0v) is 12.6. The highest BCUT2D eigenvalue weighted by molar-refractivity contribution is 5.29. The van der Waals surface area contributed by atoms with Gasteiger partial charge in [-0.05, 0) is 29.5 Å². The van der Waals surface area contributed by atoms with Gasteiger partial charge in [-0.25, -0.2) is 0 Å². The SMILES string of the molecule is CCc1noc(COc2cccc(CC(C)(C)C)c2)n1. The highest BCUT2D eigenvalue weighted by Crippen LogP contribution is 2.23. The van der Waals surface area contributed by atoms with Crippen LogP contribution in [0, 0.1) is 5.41 Å². The second-order valence-corrected chi connectivity index (χ2v) is 6.13. The normalized spacial score (nSPS) is 11.6. The monoisotopic (exact) mass is 274 g/mol. The van der Waals surface area contributed by atoms with Gasteiger partial charge in [-0.3, -0.25) is 0 Å². The Bertz CT molecular complexity index is 556. The van der Waals surface area contributed by atoms with Gasteiger partial charge < -0.3 is 9.26 Å². The molecule has 1 aromatic heterocycles. The van der Waals surface area contributed by atoms with Gasteiger partial charge >= 0.3 is 0 Å². The molecule has 0 unspecified atom stereocenters. The standard InChI is InChI=1S/C16H22N2O2/c1-5-14-17-15(20-18-14)11-19-13-8-6-7-12(9-13)10-16(2,3)4/h6-9H,5,10-11H2,1-4H3. The maximum Gasteiger partial charge on any atom is 0.264 e. The van der Waals surface area contributed by atoms with Crippen molar-refractivity contribution < 1.29 is 9.26 Å².